The van der Waals surface area contributed by atoms with Crippen LogP contribution in [-0.4, -0.2) is 35.0 Å². The van der Waals surface area contributed by atoms with E-state index in [1.54, 1.807) is 0 Å². The van der Waals surface area contributed by atoms with Crippen molar-refractivity contribution >= 4 is 27.8 Å². The average Bonchev–Trinajstić information content (AvgIpc) is 3.14. The zero-order valence-corrected chi connectivity index (χ0v) is 12.6. The largest absolute Gasteiger partial charge is 0.481 e. The molecule has 1 aliphatic carbocycles. The fourth-order valence-electron chi connectivity index (χ4n) is 3.21. The first kappa shape index (κ1) is 13.6. The monoisotopic (exact) mass is 337 g/mol. The molecule has 0 bridgehead atoms. The molecule has 1 N–H and O–H groups in total. The third-order valence-corrected chi connectivity index (χ3v) is 5.33. The van der Waals surface area contributed by atoms with Crippen LogP contribution in [0, 0.1) is 11.3 Å². The summed E-state index contributed by atoms with van der Waals surface area (Å²) in [5.41, 5.74) is 0.644. The van der Waals surface area contributed by atoms with Gasteiger partial charge in [0.2, 0.25) is 0 Å². The van der Waals surface area contributed by atoms with E-state index in [-0.39, 0.29) is 17.2 Å². The van der Waals surface area contributed by atoms with E-state index in [9.17, 15) is 9.59 Å². The van der Waals surface area contributed by atoms with Gasteiger partial charge in [0.15, 0.2) is 0 Å². The number of carbonyl (C=O) groups is 2. The Morgan fingerprint density at radius 1 is 1.25 bits per heavy atom. The summed E-state index contributed by atoms with van der Waals surface area (Å²) in [7, 11) is 0. The maximum absolute atomic E-state index is 12.4. The summed E-state index contributed by atoms with van der Waals surface area (Å²) in [5, 5.41) is 9.07. The Morgan fingerprint density at radius 2 is 1.90 bits per heavy atom. The van der Waals surface area contributed by atoms with Gasteiger partial charge in [0.1, 0.15) is 0 Å². The Bertz CT molecular complexity index is 564. The van der Waals surface area contributed by atoms with Crippen molar-refractivity contribution in [2.45, 2.75) is 19.3 Å². The van der Waals surface area contributed by atoms with Crippen LogP contribution in [0.4, 0.5) is 0 Å². The number of hydrogen-bond donors (Lipinski definition) is 1. The quantitative estimate of drug-likeness (QED) is 0.902. The van der Waals surface area contributed by atoms with Crippen molar-refractivity contribution in [3.8, 4) is 0 Å². The van der Waals surface area contributed by atoms with Crippen molar-refractivity contribution in [1.82, 2.24) is 4.90 Å². The fraction of sp³-hybridized carbons (Fsp3) is 0.467. The highest BCUT2D eigenvalue weighted by molar-refractivity contribution is 9.10. The van der Waals surface area contributed by atoms with Gasteiger partial charge in [-0.1, -0.05) is 12.1 Å². The van der Waals surface area contributed by atoms with Crippen LogP contribution in [0.1, 0.15) is 29.6 Å². The zero-order chi connectivity index (χ0) is 14.3. The number of aliphatic carboxylic acids is 1. The number of carbonyl (C=O) groups excluding carboxylic acids is 1. The van der Waals surface area contributed by atoms with E-state index in [1.165, 1.54) is 0 Å². The average molecular weight is 338 g/mol. The third kappa shape index (κ3) is 2.24. The molecule has 1 heterocycles. The van der Waals surface area contributed by atoms with Gasteiger partial charge in [0, 0.05) is 17.6 Å². The lowest BCUT2D eigenvalue weighted by atomic mass is 9.90. The molecule has 106 valence electrons. The topological polar surface area (TPSA) is 57.6 Å². The highest BCUT2D eigenvalue weighted by atomic mass is 79.9. The van der Waals surface area contributed by atoms with E-state index >= 15 is 0 Å². The van der Waals surface area contributed by atoms with Gasteiger partial charge in [0.25, 0.3) is 5.91 Å². The maximum atomic E-state index is 12.4. The van der Waals surface area contributed by atoms with Crippen molar-refractivity contribution in [3.63, 3.8) is 0 Å². The molecule has 1 atom stereocenters. The molecule has 1 aliphatic heterocycles. The highest BCUT2D eigenvalue weighted by Gasteiger charge is 2.59. The van der Waals surface area contributed by atoms with E-state index in [1.807, 2.05) is 29.2 Å². The molecule has 1 spiro atoms. The number of hydrogen-bond acceptors (Lipinski definition) is 2. The van der Waals surface area contributed by atoms with E-state index in [0.717, 1.165) is 23.7 Å². The standard InChI is InChI=1S/C15H16BrNO3/c16-12-4-2-1-3-10(12)13(18)17-7-5-15(6-8-17)9-11(15)14(19)20/h1-4,11H,5-9H2,(H,19,20). The van der Waals surface area contributed by atoms with Gasteiger partial charge in [0.05, 0.1) is 11.5 Å². The number of benzene rings is 1. The SMILES string of the molecule is O=C(O)C1CC12CCN(C(=O)c1ccccc1Br)CC2. The van der Waals surface area contributed by atoms with Crippen LogP contribution in [-0.2, 0) is 4.79 Å². The lowest BCUT2D eigenvalue weighted by Crippen LogP contribution is -2.40. The molecule has 1 amide bonds. The molecule has 1 aromatic carbocycles. The van der Waals surface area contributed by atoms with Crippen LogP contribution >= 0.6 is 15.9 Å². The van der Waals surface area contributed by atoms with Crippen molar-refractivity contribution in [3.05, 3.63) is 34.3 Å². The van der Waals surface area contributed by atoms with Crippen LogP contribution in [0.25, 0.3) is 0 Å². The Kier molecular flexibility index (Phi) is 3.32. The van der Waals surface area contributed by atoms with E-state index in [0.29, 0.717) is 18.7 Å². The predicted molar refractivity (Wildman–Crippen MR) is 77.5 cm³/mol. The van der Waals surface area contributed by atoms with Gasteiger partial charge in [-0.05, 0) is 52.7 Å². The molecule has 1 saturated carbocycles. The minimum Gasteiger partial charge on any atom is -0.481 e. The molecule has 1 unspecified atom stereocenters. The lowest BCUT2D eigenvalue weighted by molar-refractivity contribution is -0.139. The van der Waals surface area contributed by atoms with Gasteiger partial charge in [-0.15, -0.1) is 0 Å². The Labute approximate surface area is 125 Å². The summed E-state index contributed by atoms with van der Waals surface area (Å²) in [4.78, 5) is 25.3. The van der Waals surface area contributed by atoms with Crippen LogP contribution in [0.2, 0.25) is 0 Å². The van der Waals surface area contributed by atoms with Crippen molar-refractivity contribution < 1.29 is 14.7 Å². The Hall–Kier alpha value is -1.36. The second kappa shape index (κ2) is 4.88. The number of amides is 1. The fourth-order valence-corrected chi connectivity index (χ4v) is 3.66. The second-order valence-corrected chi connectivity index (χ2v) is 6.58. The van der Waals surface area contributed by atoms with Gasteiger partial charge >= 0.3 is 5.97 Å². The van der Waals surface area contributed by atoms with Crippen LogP contribution in [0.5, 0.6) is 0 Å². The van der Waals surface area contributed by atoms with Crippen molar-refractivity contribution in [2.75, 3.05) is 13.1 Å². The third-order valence-electron chi connectivity index (χ3n) is 4.64. The number of likely N-dealkylation sites (tertiary alicyclic amines) is 1. The summed E-state index contributed by atoms with van der Waals surface area (Å²) < 4.78 is 0.806. The Balaban J connectivity index is 1.66. The van der Waals surface area contributed by atoms with E-state index in [2.05, 4.69) is 15.9 Å². The van der Waals surface area contributed by atoms with Crippen LogP contribution in [0.3, 0.4) is 0 Å². The first-order valence-corrected chi connectivity index (χ1v) is 7.59. The summed E-state index contributed by atoms with van der Waals surface area (Å²) in [6, 6.07) is 7.41. The molecule has 2 aliphatic rings. The molecule has 2 fully saturated rings. The molecule has 1 aromatic rings. The summed E-state index contributed by atoms with van der Waals surface area (Å²) in [6.45, 7) is 1.31. The van der Waals surface area contributed by atoms with Crippen LogP contribution < -0.4 is 0 Å². The minimum absolute atomic E-state index is 0.0276. The number of halogens is 1. The maximum Gasteiger partial charge on any atom is 0.307 e. The lowest BCUT2D eigenvalue weighted by Gasteiger charge is -2.32. The zero-order valence-electron chi connectivity index (χ0n) is 11.0. The highest BCUT2D eigenvalue weighted by Crippen LogP contribution is 2.59. The second-order valence-electron chi connectivity index (χ2n) is 5.73. The molecular formula is C15H16BrNO3. The normalized spacial score (nSPS) is 23.6. The number of carboxylic acid groups (broad SMARTS) is 1. The summed E-state index contributed by atoms with van der Waals surface area (Å²) in [5.74, 6) is -0.848. The molecule has 0 aromatic heterocycles. The van der Waals surface area contributed by atoms with Crippen molar-refractivity contribution in [1.29, 1.82) is 0 Å². The first-order valence-electron chi connectivity index (χ1n) is 6.80. The van der Waals surface area contributed by atoms with Gasteiger partial charge < -0.3 is 10.0 Å². The smallest absolute Gasteiger partial charge is 0.307 e. The van der Waals surface area contributed by atoms with Gasteiger partial charge in [-0.3, -0.25) is 9.59 Å². The molecular weight excluding hydrogens is 322 g/mol. The van der Waals surface area contributed by atoms with Gasteiger partial charge in [-0.25, -0.2) is 0 Å². The predicted octanol–water partition coefficient (Wildman–Crippen LogP) is 2.78. The molecule has 1 saturated heterocycles. The van der Waals surface area contributed by atoms with Crippen LogP contribution in [0.15, 0.2) is 28.7 Å². The van der Waals surface area contributed by atoms with Crippen molar-refractivity contribution in [2.24, 2.45) is 11.3 Å². The number of nitrogens with zero attached hydrogens (tertiary/aromatic N) is 1. The van der Waals surface area contributed by atoms with E-state index < -0.39 is 5.97 Å². The molecule has 4 nitrogen and oxygen atoms in total. The molecule has 3 rings (SSSR count). The first-order chi connectivity index (χ1) is 9.53. The number of rotatable bonds is 2. The van der Waals surface area contributed by atoms with E-state index in [4.69, 9.17) is 5.11 Å². The minimum atomic E-state index is -0.685. The molecule has 20 heavy (non-hydrogen) atoms. The molecule has 5 heteroatoms. The van der Waals surface area contributed by atoms with Gasteiger partial charge in [-0.2, -0.15) is 0 Å². The Morgan fingerprint density at radius 3 is 2.45 bits per heavy atom. The number of piperidine rings is 1. The summed E-state index contributed by atoms with van der Waals surface area (Å²) in [6.07, 6.45) is 2.39. The number of carboxylic acids is 1. The molecule has 0 radical (unpaired) electrons. The summed E-state index contributed by atoms with van der Waals surface area (Å²) >= 11 is 3.40.